The fourth-order valence-corrected chi connectivity index (χ4v) is 5.17. The highest BCUT2D eigenvalue weighted by Gasteiger charge is 2.25. The number of hydrogen-bond donors (Lipinski definition) is 3. The van der Waals surface area contributed by atoms with E-state index in [1.54, 1.807) is 14.2 Å². The van der Waals surface area contributed by atoms with Gasteiger partial charge in [-0.1, -0.05) is 37.3 Å². The second kappa shape index (κ2) is 11.2. The molecule has 198 valence electrons. The molecule has 3 aromatic carbocycles. The maximum atomic E-state index is 13.6. The van der Waals surface area contributed by atoms with E-state index in [9.17, 15) is 9.90 Å². The Hall–Kier alpha value is -3.97. The van der Waals surface area contributed by atoms with Gasteiger partial charge < -0.3 is 29.6 Å². The monoisotopic (exact) mass is 514 g/mol. The lowest BCUT2D eigenvalue weighted by Crippen LogP contribution is -2.38. The predicted molar refractivity (Wildman–Crippen MR) is 148 cm³/mol. The summed E-state index contributed by atoms with van der Waals surface area (Å²) in [5.41, 5.74) is 4.01. The number of H-pyrrole nitrogens is 1. The van der Waals surface area contributed by atoms with Crippen LogP contribution in [0.4, 0.5) is 0 Å². The van der Waals surface area contributed by atoms with Crippen LogP contribution in [0, 0.1) is 0 Å². The first-order chi connectivity index (χ1) is 18.5. The van der Waals surface area contributed by atoms with E-state index >= 15 is 0 Å². The Bertz CT molecular complexity index is 1420. The van der Waals surface area contributed by atoms with Gasteiger partial charge in [-0.25, -0.2) is 0 Å². The number of rotatable bonds is 9. The normalized spacial score (nSPS) is 15.3. The molecule has 1 saturated carbocycles. The summed E-state index contributed by atoms with van der Waals surface area (Å²) in [5, 5.41) is 14.9. The number of amides is 1. The van der Waals surface area contributed by atoms with E-state index in [4.69, 9.17) is 14.2 Å². The highest BCUT2D eigenvalue weighted by molar-refractivity contribution is 5.98. The lowest BCUT2D eigenvalue weighted by molar-refractivity contribution is 0.0722. The van der Waals surface area contributed by atoms with Crippen LogP contribution in [-0.2, 0) is 0 Å². The molecule has 7 nitrogen and oxygen atoms in total. The molecular weight excluding hydrogens is 480 g/mol. The lowest BCUT2D eigenvalue weighted by atomic mass is 9.98. The first-order valence-corrected chi connectivity index (χ1v) is 13.1. The van der Waals surface area contributed by atoms with Crippen molar-refractivity contribution in [2.24, 2.45) is 0 Å². The van der Waals surface area contributed by atoms with Gasteiger partial charge in [0, 0.05) is 23.0 Å². The average Bonchev–Trinajstić information content (AvgIpc) is 3.62. The van der Waals surface area contributed by atoms with Gasteiger partial charge in [0.15, 0.2) is 11.5 Å². The van der Waals surface area contributed by atoms with E-state index in [-0.39, 0.29) is 17.9 Å². The molecule has 0 bridgehead atoms. The summed E-state index contributed by atoms with van der Waals surface area (Å²) in [5.74, 6) is 1.03. The molecule has 38 heavy (non-hydrogen) atoms. The van der Waals surface area contributed by atoms with E-state index in [0.717, 1.165) is 53.3 Å². The van der Waals surface area contributed by atoms with E-state index in [2.05, 4.69) is 10.3 Å². The quantitative estimate of drug-likeness (QED) is 0.237. The first kappa shape index (κ1) is 25.7. The number of methoxy groups -OCH3 is 2. The number of carbonyl (C=O) groups excluding carboxylic acids is 1. The smallest absolute Gasteiger partial charge is 0.257 e. The summed E-state index contributed by atoms with van der Waals surface area (Å²) in [6.45, 7) is 1.90. The van der Waals surface area contributed by atoms with Gasteiger partial charge in [-0.2, -0.15) is 0 Å². The number of aliphatic hydroxyl groups excluding tert-OH is 1. The largest absolute Gasteiger partial charge is 0.493 e. The highest BCUT2D eigenvalue weighted by atomic mass is 16.5. The van der Waals surface area contributed by atoms with Crippen molar-refractivity contribution in [2.45, 2.75) is 50.9 Å². The zero-order valence-corrected chi connectivity index (χ0v) is 22.0. The molecule has 1 aliphatic carbocycles. The summed E-state index contributed by atoms with van der Waals surface area (Å²) in [6.07, 6.45) is 5.07. The number of hydrogen-bond acceptors (Lipinski definition) is 5. The van der Waals surface area contributed by atoms with E-state index < -0.39 is 6.23 Å². The minimum absolute atomic E-state index is 0.0866. The Labute approximate surface area is 222 Å². The van der Waals surface area contributed by atoms with E-state index in [1.807, 2.05) is 73.8 Å². The van der Waals surface area contributed by atoms with Crippen molar-refractivity contribution in [3.8, 4) is 28.4 Å². The van der Waals surface area contributed by atoms with Crippen LogP contribution in [0.3, 0.4) is 0 Å². The van der Waals surface area contributed by atoms with Crippen LogP contribution in [0.1, 0.15) is 54.4 Å². The molecule has 1 aliphatic rings. The number of aromatic nitrogens is 1. The van der Waals surface area contributed by atoms with Crippen molar-refractivity contribution < 1.29 is 24.1 Å². The summed E-state index contributed by atoms with van der Waals surface area (Å²) < 4.78 is 17.1. The maximum absolute atomic E-state index is 13.6. The minimum atomic E-state index is -1.09. The topological polar surface area (TPSA) is 92.8 Å². The van der Waals surface area contributed by atoms with Gasteiger partial charge in [-0.3, -0.25) is 4.79 Å². The van der Waals surface area contributed by atoms with Gasteiger partial charge in [-0.15, -0.1) is 0 Å². The van der Waals surface area contributed by atoms with E-state index in [1.165, 1.54) is 0 Å². The van der Waals surface area contributed by atoms with Gasteiger partial charge in [0.1, 0.15) is 12.0 Å². The number of benzene rings is 3. The summed E-state index contributed by atoms with van der Waals surface area (Å²) in [4.78, 5) is 16.8. The molecule has 1 heterocycles. The molecular formula is C31H34N2O5. The average molecular weight is 515 g/mol. The van der Waals surface area contributed by atoms with Crippen LogP contribution in [0.15, 0.2) is 66.9 Å². The molecule has 0 saturated heterocycles. The Morgan fingerprint density at radius 3 is 2.37 bits per heavy atom. The van der Waals surface area contributed by atoms with Gasteiger partial charge in [0.25, 0.3) is 5.91 Å². The van der Waals surface area contributed by atoms with Crippen molar-refractivity contribution >= 4 is 16.8 Å². The van der Waals surface area contributed by atoms with Gasteiger partial charge in [0.05, 0.1) is 25.9 Å². The van der Waals surface area contributed by atoms with Crippen molar-refractivity contribution in [1.82, 2.24) is 10.3 Å². The molecule has 0 spiro atoms. The minimum Gasteiger partial charge on any atom is -0.493 e. The zero-order valence-electron chi connectivity index (χ0n) is 22.0. The summed E-state index contributed by atoms with van der Waals surface area (Å²) in [7, 11) is 3.19. The van der Waals surface area contributed by atoms with Crippen molar-refractivity contribution in [3.05, 3.63) is 78.0 Å². The SMILES string of the molecule is COc1ccc(-c2ccc(OC3CCCC3)c(C(=O)N[C@H](O)C(C)c3c[nH]c4ccccc34)c2)cc1OC. The molecule has 5 rings (SSSR count). The van der Waals surface area contributed by atoms with Crippen molar-refractivity contribution in [2.75, 3.05) is 14.2 Å². The number of aromatic amines is 1. The Morgan fingerprint density at radius 1 is 0.947 bits per heavy atom. The Balaban J connectivity index is 1.44. The molecule has 0 aliphatic heterocycles. The third kappa shape index (κ3) is 5.20. The Morgan fingerprint density at radius 2 is 1.63 bits per heavy atom. The molecule has 2 atom stereocenters. The van der Waals surface area contributed by atoms with Crippen LogP contribution < -0.4 is 19.5 Å². The molecule has 3 N–H and O–H groups in total. The zero-order chi connectivity index (χ0) is 26.6. The van der Waals surface area contributed by atoms with E-state index in [0.29, 0.717) is 22.8 Å². The summed E-state index contributed by atoms with van der Waals surface area (Å²) in [6, 6.07) is 19.1. The molecule has 1 unspecified atom stereocenters. The second-order valence-electron chi connectivity index (χ2n) is 9.80. The van der Waals surface area contributed by atoms with Gasteiger partial charge in [-0.05, 0) is 72.7 Å². The summed E-state index contributed by atoms with van der Waals surface area (Å²) >= 11 is 0. The molecule has 7 heteroatoms. The molecule has 0 radical (unpaired) electrons. The predicted octanol–water partition coefficient (Wildman–Crippen LogP) is 6.03. The fraction of sp³-hybridized carbons (Fsp3) is 0.323. The van der Waals surface area contributed by atoms with Crippen LogP contribution in [0.5, 0.6) is 17.2 Å². The second-order valence-corrected chi connectivity index (χ2v) is 9.80. The fourth-order valence-electron chi connectivity index (χ4n) is 5.17. The van der Waals surface area contributed by atoms with Gasteiger partial charge >= 0.3 is 0 Å². The molecule has 4 aromatic rings. The number of nitrogens with one attached hydrogen (secondary N) is 2. The van der Waals surface area contributed by atoms with Crippen LogP contribution >= 0.6 is 0 Å². The maximum Gasteiger partial charge on any atom is 0.257 e. The Kier molecular flexibility index (Phi) is 7.56. The van der Waals surface area contributed by atoms with Crippen LogP contribution in [0.2, 0.25) is 0 Å². The number of fused-ring (bicyclic) bond motifs is 1. The van der Waals surface area contributed by atoms with Crippen LogP contribution in [-0.4, -0.2) is 42.5 Å². The van der Waals surface area contributed by atoms with Crippen molar-refractivity contribution in [1.29, 1.82) is 0 Å². The third-order valence-corrected chi connectivity index (χ3v) is 7.40. The molecule has 1 amide bonds. The van der Waals surface area contributed by atoms with Crippen LogP contribution in [0.25, 0.3) is 22.0 Å². The molecule has 1 fully saturated rings. The number of ether oxygens (including phenoxy) is 3. The highest BCUT2D eigenvalue weighted by Crippen LogP contribution is 2.35. The third-order valence-electron chi connectivity index (χ3n) is 7.40. The van der Waals surface area contributed by atoms with Crippen molar-refractivity contribution in [3.63, 3.8) is 0 Å². The number of carbonyl (C=O) groups is 1. The molecule has 1 aromatic heterocycles. The lowest BCUT2D eigenvalue weighted by Gasteiger charge is -2.22. The standard InChI is InChI=1S/C31H34N2O5/c1-19(25-18-32-26-11-7-6-10-23(25)26)30(34)33-31(35)24-16-20(12-14-27(24)38-22-8-4-5-9-22)21-13-15-28(36-2)29(17-21)37-3/h6-7,10-19,22,30,32,34H,4-5,8-9H2,1-3H3,(H,33,35)/t19?,30-/m1/s1. The number of aliphatic hydroxyl groups is 1. The first-order valence-electron chi connectivity index (χ1n) is 13.1. The number of para-hydroxylation sites is 1. The van der Waals surface area contributed by atoms with Gasteiger partial charge in [0.2, 0.25) is 0 Å².